The van der Waals surface area contributed by atoms with Crippen molar-refractivity contribution < 1.29 is 27.5 Å². The molecule has 0 unspecified atom stereocenters. The lowest BCUT2D eigenvalue weighted by molar-refractivity contribution is -0.119. The van der Waals surface area contributed by atoms with Crippen molar-refractivity contribution in [1.29, 1.82) is 0 Å². The number of ether oxygens (including phenoxy) is 2. The number of benzene rings is 1. The molecule has 1 saturated heterocycles. The number of nitrogens with zero attached hydrogens (tertiary/aromatic N) is 1. The second kappa shape index (κ2) is 9.38. The van der Waals surface area contributed by atoms with Crippen LogP contribution in [0.2, 0.25) is 0 Å². The van der Waals surface area contributed by atoms with Crippen LogP contribution in [0.4, 0.5) is 5.69 Å². The highest BCUT2D eigenvalue weighted by molar-refractivity contribution is 7.89. The standard InChI is InChI=1S/C19H22N2O6S2/c1-2-26-15-8-4-3-7-14(15)20-17(22)13-27-19(23)18-16(9-12-28-18)29(24,25)21-10-5-6-11-21/h3-4,7-9,12H,2,5-6,10-11,13H2,1H3,(H,20,22). The van der Waals surface area contributed by atoms with Crippen molar-refractivity contribution in [1.82, 2.24) is 4.31 Å². The van der Waals surface area contributed by atoms with E-state index in [0.29, 0.717) is 31.1 Å². The predicted molar refractivity (Wildman–Crippen MR) is 109 cm³/mol. The first-order valence-corrected chi connectivity index (χ1v) is 11.5. The number of carbonyl (C=O) groups is 2. The summed E-state index contributed by atoms with van der Waals surface area (Å²) in [7, 11) is -3.74. The van der Waals surface area contributed by atoms with Gasteiger partial charge in [-0.15, -0.1) is 11.3 Å². The molecule has 0 bridgehead atoms. The topological polar surface area (TPSA) is 102 Å². The first-order chi connectivity index (χ1) is 13.9. The average Bonchev–Trinajstić information content (AvgIpc) is 3.40. The fraction of sp³-hybridized carbons (Fsp3) is 0.368. The normalized spacial score (nSPS) is 14.5. The molecule has 1 aliphatic rings. The molecule has 0 spiro atoms. The first-order valence-electron chi connectivity index (χ1n) is 9.20. The van der Waals surface area contributed by atoms with Crippen LogP contribution in [0.25, 0.3) is 0 Å². The van der Waals surface area contributed by atoms with E-state index in [0.717, 1.165) is 24.2 Å². The Labute approximate surface area is 173 Å². The summed E-state index contributed by atoms with van der Waals surface area (Å²) in [6.45, 7) is 2.60. The molecule has 1 aromatic carbocycles. The van der Waals surface area contributed by atoms with Crippen LogP contribution in [0.15, 0.2) is 40.6 Å². The van der Waals surface area contributed by atoms with E-state index in [4.69, 9.17) is 9.47 Å². The summed E-state index contributed by atoms with van der Waals surface area (Å²) in [6.07, 6.45) is 1.60. The smallest absolute Gasteiger partial charge is 0.350 e. The summed E-state index contributed by atoms with van der Waals surface area (Å²) in [5, 5.41) is 4.15. The summed E-state index contributed by atoms with van der Waals surface area (Å²) in [5.74, 6) is -0.885. The third-order valence-corrected chi connectivity index (χ3v) is 7.26. The molecule has 0 aliphatic carbocycles. The largest absolute Gasteiger partial charge is 0.492 e. The van der Waals surface area contributed by atoms with E-state index >= 15 is 0 Å². The predicted octanol–water partition coefficient (Wildman–Crippen LogP) is 2.73. The molecule has 1 amide bonds. The van der Waals surface area contributed by atoms with Gasteiger partial charge < -0.3 is 14.8 Å². The number of rotatable bonds is 8. The van der Waals surface area contributed by atoms with Crippen molar-refractivity contribution in [3.8, 4) is 5.75 Å². The highest BCUT2D eigenvalue weighted by Crippen LogP contribution is 2.28. The van der Waals surface area contributed by atoms with Gasteiger partial charge in [-0.05, 0) is 43.3 Å². The van der Waals surface area contributed by atoms with Gasteiger partial charge in [0, 0.05) is 13.1 Å². The van der Waals surface area contributed by atoms with E-state index in [9.17, 15) is 18.0 Å². The van der Waals surface area contributed by atoms with Crippen LogP contribution in [0.3, 0.4) is 0 Å². The lowest BCUT2D eigenvalue weighted by Crippen LogP contribution is -2.29. The summed E-state index contributed by atoms with van der Waals surface area (Å²) in [6, 6.07) is 8.30. The van der Waals surface area contributed by atoms with Crippen LogP contribution in [0, 0.1) is 0 Å². The molecular weight excluding hydrogens is 416 g/mol. The van der Waals surface area contributed by atoms with Gasteiger partial charge in [-0.25, -0.2) is 13.2 Å². The summed E-state index contributed by atoms with van der Waals surface area (Å²) in [4.78, 5) is 24.5. The molecule has 8 nitrogen and oxygen atoms in total. The van der Waals surface area contributed by atoms with Gasteiger partial charge in [-0.2, -0.15) is 4.31 Å². The minimum atomic E-state index is -3.74. The molecule has 2 heterocycles. The van der Waals surface area contributed by atoms with Gasteiger partial charge in [0.1, 0.15) is 15.5 Å². The van der Waals surface area contributed by atoms with Crippen LogP contribution >= 0.6 is 11.3 Å². The number of hydrogen-bond acceptors (Lipinski definition) is 7. The summed E-state index contributed by atoms with van der Waals surface area (Å²) in [5.41, 5.74) is 0.462. The van der Waals surface area contributed by atoms with E-state index in [2.05, 4.69) is 5.32 Å². The van der Waals surface area contributed by atoms with Crippen molar-refractivity contribution in [2.24, 2.45) is 0 Å². The molecule has 1 N–H and O–H groups in total. The Bertz CT molecular complexity index is 980. The second-order valence-electron chi connectivity index (χ2n) is 6.28. The second-order valence-corrected chi connectivity index (χ2v) is 9.10. The molecule has 3 rings (SSSR count). The molecule has 0 atom stereocenters. The van der Waals surface area contributed by atoms with E-state index in [1.54, 1.807) is 24.3 Å². The number of thiophene rings is 1. The number of carbonyl (C=O) groups excluding carboxylic acids is 2. The quantitative estimate of drug-likeness (QED) is 0.636. The van der Waals surface area contributed by atoms with Gasteiger partial charge in [-0.3, -0.25) is 4.79 Å². The van der Waals surface area contributed by atoms with Gasteiger partial charge in [0.15, 0.2) is 6.61 Å². The van der Waals surface area contributed by atoms with Crippen LogP contribution in [-0.4, -0.2) is 50.9 Å². The zero-order chi connectivity index (χ0) is 20.9. The Morgan fingerprint density at radius 1 is 1.17 bits per heavy atom. The number of esters is 1. The molecule has 2 aromatic rings. The number of para-hydroxylation sites is 2. The van der Waals surface area contributed by atoms with Gasteiger partial charge in [0.25, 0.3) is 5.91 Å². The fourth-order valence-corrected chi connectivity index (χ4v) is 5.75. The van der Waals surface area contributed by atoms with Gasteiger partial charge >= 0.3 is 5.97 Å². The fourth-order valence-electron chi connectivity index (χ4n) is 2.95. The van der Waals surface area contributed by atoms with E-state index in [-0.39, 0.29) is 9.77 Å². The molecule has 29 heavy (non-hydrogen) atoms. The Hall–Kier alpha value is -2.43. The van der Waals surface area contributed by atoms with Crippen molar-refractivity contribution in [3.05, 3.63) is 40.6 Å². The van der Waals surface area contributed by atoms with Gasteiger partial charge in [0.2, 0.25) is 10.0 Å². The Kier molecular flexibility index (Phi) is 6.88. The monoisotopic (exact) mass is 438 g/mol. The van der Waals surface area contributed by atoms with Crippen molar-refractivity contribution in [2.75, 3.05) is 31.6 Å². The first kappa shape index (κ1) is 21.3. The maximum atomic E-state index is 12.7. The molecule has 1 aliphatic heterocycles. The zero-order valence-corrected chi connectivity index (χ0v) is 17.6. The van der Waals surface area contributed by atoms with Crippen molar-refractivity contribution in [2.45, 2.75) is 24.7 Å². The average molecular weight is 439 g/mol. The lowest BCUT2D eigenvalue weighted by Gasteiger charge is -2.15. The van der Waals surface area contributed by atoms with Gasteiger partial charge in [-0.1, -0.05) is 12.1 Å². The van der Waals surface area contributed by atoms with Crippen LogP contribution in [0.1, 0.15) is 29.4 Å². The van der Waals surface area contributed by atoms with Crippen molar-refractivity contribution in [3.63, 3.8) is 0 Å². The minimum Gasteiger partial charge on any atom is -0.492 e. The van der Waals surface area contributed by atoms with E-state index in [1.807, 2.05) is 6.92 Å². The summed E-state index contributed by atoms with van der Waals surface area (Å²) < 4.78 is 37.3. The van der Waals surface area contributed by atoms with E-state index < -0.39 is 28.5 Å². The SMILES string of the molecule is CCOc1ccccc1NC(=O)COC(=O)c1sccc1S(=O)(=O)N1CCCC1. The third-order valence-electron chi connectivity index (χ3n) is 4.29. The van der Waals surface area contributed by atoms with Gasteiger partial charge in [0.05, 0.1) is 12.3 Å². The highest BCUT2D eigenvalue weighted by Gasteiger charge is 2.32. The lowest BCUT2D eigenvalue weighted by atomic mass is 10.3. The highest BCUT2D eigenvalue weighted by atomic mass is 32.2. The van der Waals surface area contributed by atoms with Crippen LogP contribution < -0.4 is 10.1 Å². The maximum Gasteiger partial charge on any atom is 0.350 e. The molecule has 156 valence electrons. The molecule has 1 aromatic heterocycles. The molecule has 10 heteroatoms. The van der Waals surface area contributed by atoms with Crippen molar-refractivity contribution >= 4 is 38.9 Å². The Morgan fingerprint density at radius 3 is 2.62 bits per heavy atom. The number of sulfonamides is 1. The molecular formula is C19H22N2O6S2. The van der Waals surface area contributed by atoms with E-state index in [1.165, 1.54) is 15.8 Å². The minimum absolute atomic E-state index is 0.0283. The van der Waals surface area contributed by atoms with Crippen LogP contribution in [-0.2, 0) is 19.6 Å². The molecule has 0 radical (unpaired) electrons. The number of anilines is 1. The maximum absolute atomic E-state index is 12.7. The zero-order valence-electron chi connectivity index (χ0n) is 15.9. The number of nitrogens with one attached hydrogen (secondary N) is 1. The number of amides is 1. The summed E-state index contributed by atoms with van der Waals surface area (Å²) >= 11 is 0.976. The molecule has 0 saturated carbocycles. The Morgan fingerprint density at radius 2 is 1.90 bits per heavy atom. The Balaban J connectivity index is 1.63. The molecule has 1 fully saturated rings. The third kappa shape index (κ3) is 4.95. The van der Waals surface area contributed by atoms with Crippen LogP contribution in [0.5, 0.6) is 5.75 Å². The number of hydrogen-bond donors (Lipinski definition) is 1.